The Morgan fingerprint density at radius 3 is 2.65 bits per heavy atom. The molecule has 0 aromatic heterocycles. The van der Waals surface area contributed by atoms with Gasteiger partial charge >= 0.3 is 0 Å². The number of halogens is 1. The lowest BCUT2D eigenvalue weighted by atomic mass is 9.97. The predicted molar refractivity (Wildman–Crippen MR) is 117 cm³/mol. The van der Waals surface area contributed by atoms with E-state index in [0.29, 0.717) is 30.8 Å². The van der Waals surface area contributed by atoms with Crippen molar-refractivity contribution >= 4 is 17.5 Å². The summed E-state index contributed by atoms with van der Waals surface area (Å²) in [6.07, 6.45) is 0.623. The fraction of sp³-hybridized carbons (Fsp3) is 0.200. The molecule has 0 unspecified atom stereocenters. The SMILES string of the molecule is Cc1cccc(NC(=O)COc2cccc3c2CCN(Cc2ccc(F)cc2)C3=O)c1. The van der Waals surface area contributed by atoms with Gasteiger partial charge in [-0.2, -0.15) is 0 Å². The summed E-state index contributed by atoms with van der Waals surface area (Å²) in [6, 6.07) is 19.0. The lowest BCUT2D eigenvalue weighted by molar-refractivity contribution is -0.118. The van der Waals surface area contributed by atoms with Gasteiger partial charge in [-0.15, -0.1) is 0 Å². The van der Waals surface area contributed by atoms with Crippen molar-refractivity contribution in [3.63, 3.8) is 0 Å². The van der Waals surface area contributed by atoms with E-state index in [0.717, 1.165) is 22.4 Å². The maximum absolute atomic E-state index is 13.1. The summed E-state index contributed by atoms with van der Waals surface area (Å²) in [5, 5.41) is 2.81. The summed E-state index contributed by atoms with van der Waals surface area (Å²) in [6.45, 7) is 2.76. The van der Waals surface area contributed by atoms with Gasteiger partial charge in [-0.05, 0) is 60.9 Å². The van der Waals surface area contributed by atoms with Crippen LogP contribution in [0.4, 0.5) is 10.1 Å². The Kier molecular flexibility index (Phi) is 5.98. The number of carbonyl (C=O) groups is 2. The number of nitrogens with one attached hydrogen (secondary N) is 1. The Hall–Kier alpha value is -3.67. The summed E-state index contributed by atoms with van der Waals surface area (Å²) in [5.74, 6) is -0.109. The quantitative estimate of drug-likeness (QED) is 0.648. The van der Waals surface area contributed by atoms with E-state index in [2.05, 4.69) is 5.32 Å². The molecule has 0 fully saturated rings. The van der Waals surface area contributed by atoms with Crippen LogP contribution in [-0.2, 0) is 17.8 Å². The number of amides is 2. The van der Waals surface area contributed by atoms with Gasteiger partial charge in [0.2, 0.25) is 0 Å². The molecule has 5 nitrogen and oxygen atoms in total. The van der Waals surface area contributed by atoms with Gasteiger partial charge in [-0.1, -0.05) is 30.3 Å². The topological polar surface area (TPSA) is 58.6 Å². The standard InChI is InChI=1S/C25H23FN2O3/c1-17-4-2-5-20(14-17)27-24(29)16-31-23-7-3-6-22-21(23)12-13-28(25(22)30)15-18-8-10-19(26)11-9-18/h2-11,14H,12-13,15-16H2,1H3,(H,27,29). The summed E-state index contributed by atoms with van der Waals surface area (Å²) >= 11 is 0. The molecule has 1 aliphatic rings. The van der Waals surface area contributed by atoms with Crippen molar-refractivity contribution in [1.82, 2.24) is 4.90 Å². The van der Waals surface area contributed by atoms with Crippen LogP contribution in [0.5, 0.6) is 5.75 Å². The van der Waals surface area contributed by atoms with E-state index in [-0.39, 0.29) is 24.2 Å². The van der Waals surface area contributed by atoms with E-state index in [9.17, 15) is 14.0 Å². The molecule has 6 heteroatoms. The second-order valence-electron chi connectivity index (χ2n) is 7.59. The molecule has 0 saturated carbocycles. The largest absolute Gasteiger partial charge is 0.483 e. The fourth-order valence-corrected chi connectivity index (χ4v) is 3.70. The molecule has 1 heterocycles. The first-order valence-corrected chi connectivity index (χ1v) is 10.1. The van der Waals surface area contributed by atoms with Gasteiger partial charge in [0.25, 0.3) is 11.8 Å². The van der Waals surface area contributed by atoms with Crippen LogP contribution in [0.15, 0.2) is 66.7 Å². The van der Waals surface area contributed by atoms with Crippen LogP contribution in [-0.4, -0.2) is 29.9 Å². The first kappa shape index (κ1) is 20.6. The van der Waals surface area contributed by atoms with Crippen molar-refractivity contribution in [3.05, 3.63) is 94.8 Å². The first-order valence-electron chi connectivity index (χ1n) is 10.1. The molecule has 3 aromatic carbocycles. The molecule has 158 valence electrons. The molecule has 1 aliphatic heterocycles. The number of aryl methyl sites for hydroxylation is 1. The van der Waals surface area contributed by atoms with Crippen LogP contribution in [0.1, 0.15) is 27.0 Å². The fourth-order valence-electron chi connectivity index (χ4n) is 3.70. The highest BCUT2D eigenvalue weighted by Crippen LogP contribution is 2.29. The maximum atomic E-state index is 13.1. The Balaban J connectivity index is 1.41. The maximum Gasteiger partial charge on any atom is 0.262 e. The Morgan fingerprint density at radius 2 is 1.87 bits per heavy atom. The number of ether oxygens (including phenoxy) is 1. The van der Waals surface area contributed by atoms with Gasteiger partial charge in [0.05, 0.1) is 0 Å². The summed E-state index contributed by atoms with van der Waals surface area (Å²) in [7, 11) is 0. The highest BCUT2D eigenvalue weighted by atomic mass is 19.1. The molecule has 0 atom stereocenters. The van der Waals surface area contributed by atoms with Gasteiger partial charge in [0.15, 0.2) is 6.61 Å². The molecule has 31 heavy (non-hydrogen) atoms. The minimum Gasteiger partial charge on any atom is -0.483 e. The summed E-state index contributed by atoms with van der Waals surface area (Å²) in [5.41, 5.74) is 4.03. The lowest BCUT2D eigenvalue weighted by Crippen LogP contribution is -2.37. The molecule has 0 saturated heterocycles. The first-order chi connectivity index (χ1) is 15.0. The van der Waals surface area contributed by atoms with Crippen molar-refractivity contribution in [2.45, 2.75) is 19.9 Å². The van der Waals surface area contributed by atoms with Gasteiger partial charge in [0.1, 0.15) is 11.6 Å². The van der Waals surface area contributed by atoms with Crippen LogP contribution in [0.3, 0.4) is 0 Å². The van der Waals surface area contributed by atoms with Crippen LogP contribution < -0.4 is 10.1 Å². The van der Waals surface area contributed by atoms with Gasteiger partial charge in [-0.25, -0.2) is 4.39 Å². The average Bonchev–Trinajstić information content (AvgIpc) is 2.76. The highest BCUT2D eigenvalue weighted by molar-refractivity contribution is 5.97. The molecule has 4 rings (SSSR count). The number of fused-ring (bicyclic) bond motifs is 1. The molecule has 3 aromatic rings. The molecular weight excluding hydrogens is 395 g/mol. The number of hydrogen-bond donors (Lipinski definition) is 1. The zero-order chi connectivity index (χ0) is 21.8. The second-order valence-corrected chi connectivity index (χ2v) is 7.59. The second kappa shape index (κ2) is 9.00. The Bertz CT molecular complexity index is 1110. The van der Waals surface area contributed by atoms with E-state index < -0.39 is 0 Å². The number of nitrogens with zero attached hydrogens (tertiary/aromatic N) is 1. The average molecular weight is 418 g/mol. The molecule has 1 N–H and O–H groups in total. The Labute approximate surface area is 180 Å². The minimum atomic E-state index is -0.299. The zero-order valence-corrected chi connectivity index (χ0v) is 17.2. The lowest BCUT2D eigenvalue weighted by Gasteiger charge is -2.29. The summed E-state index contributed by atoms with van der Waals surface area (Å²) in [4.78, 5) is 27.0. The van der Waals surface area contributed by atoms with E-state index in [1.54, 1.807) is 35.2 Å². The molecule has 0 bridgehead atoms. The zero-order valence-electron chi connectivity index (χ0n) is 17.2. The van der Waals surface area contributed by atoms with Crippen molar-refractivity contribution in [2.24, 2.45) is 0 Å². The number of hydrogen-bond acceptors (Lipinski definition) is 3. The van der Waals surface area contributed by atoms with Crippen molar-refractivity contribution in [3.8, 4) is 5.75 Å². The van der Waals surface area contributed by atoms with Crippen LogP contribution in [0.2, 0.25) is 0 Å². The molecule has 0 radical (unpaired) electrons. The predicted octanol–water partition coefficient (Wildman–Crippen LogP) is 4.35. The van der Waals surface area contributed by atoms with Gasteiger partial charge < -0.3 is 15.0 Å². The smallest absolute Gasteiger partial charge is 0.262 e. The van der Waals surface area contributed by atoms with E-state index in [4.69, 9.17) is 4.74 Å². The number of benzene rings is 3. The van der Waals surface area contributed by atoms with Crippen LogP contribution in [0, 0.1) is 12.7 Å². The molecule has 0 aliphatic carbocycles. The highest BCUT2D eigenvalue weighted by Gasteiger charge is 2.26. The number of carbonyl (C=O) groups excluding carboxylic acids is 2. The third-order valence-corrected chi connectivity index (χ3v) is 5.23. The van der Waals surface area contributed by atoms with E-state index in [1.807, 2.05) is 31.2 Å². The van der Waals surface area contributed by atoms with Crippen LogP contribution >= 0.6 is 0 Å². The Morgan fingerprint density at radius 1 is 1.10 bits per heavy atom. The van der Waals surface area contributed by atoms with Crippen LogP contribution in [0.25, 0.3) is 0 Å². The van der Waals surface area contributed by atoms with Crippen molar-refractivity contribution in [2.75, 3.05) is 18.5 Å². The number of rotatable bonds is 6. The number of anilines is 1. The van der Waals surface area contributed by atoms with E-state index in [1.165, 1.54) is 12.1 Å². The molecular formula is C25H23FN2O3. The third-order valence-electron chi connectivity index (χ3n) is 5.23. The van der Waals surface area contributed by atoms with Crippen molar-refractivity contribution in [1.29, 1.82) is 0 Å². The molecule has 2 amide bonds. The normalized spacial score (nSPS) is 13.0. The monoisotopic (exact) mass is 418 g/mol. The molecule has 0 spiro atoms. The summed E-state index contributed by atoms with van der Waals surface area (Å²) < 4.78 is 18.9. The van der Waals surface area contributed by atoms with Crippen molar-refractivity contribution < 1.29 is 18.7 Å². The van der Waals surface area contributed by atoms with Gasteiger partial charge in [0, 0.05) is 29.9 Å². The third kappa shape index (κ3) is 4.91. The minimum absolute atomic E-state index is 0.0970. The van der Waals surface area contributed by atoms with Gasteiger partial charge in [-0.3, -0.25) is 9.59 Å². The van der Waals surface area contributed by atoms with E-state index >= 15 is 0 Å².